The molecule has 4 rings (SSSR count). The Labute approximate surface area is 174 Å². The average Bonchev–Trinajstić information content (AvgIpc) is 3.18. The number of rotatable bonds is 4. The Morgan fingerprint density at radius 1 is 1.17 bits per heavy atom. The zero-order valence-electron chi connectivity index (χ0n) is 16.7. The van der Waals surface area contributed by atoms with Crippen molar-refractivity contribution in [2.45, 2.75) is 32.6 Å². The van der Waals surface area contributed by atoms with Crippen LogP contribution in [0.3, 0.4) is 0 Å². The minimum Gasteiger partial charge on any atom is -0.452 e. The number of nitrogens with zero attached hydrogens (tertiary/aromatic N) is 2. The summed E-state index contributed by atoms with van der Waals surface area (Å²) >= 11 is 1.70. The maximum absolute atomic E-state index is 12.7. The summed E-state index contributed by atoms with van der Waals surface area (Å²) in [6, 6.07) is 13.6. The first-order chi connectivity index (χ1) is 14.0. The Hall–Kier alpha value is -2.73. The summed E-state index contributed by atoms with van der Waals surface area (Å²) in [6.07, 6.45) is 1.95. The lowest BCUT2D eigenvalue weighted by Crippen LogP contribution is -2.41. The predicted molar refractivity (Wildman–Crippen MR) is 114 cm³/mol. The van der Waals surface area contributed by atoms with Gasteiger partial charge in [-0.05, 0) is 56.0 Å². The lowest BCUT2D eigenvalue weighted by molar-refractivity contribution is -0.135. The van der Waals surface area contributed by atoms with Crippen LogP contribution in [0, 0.1) is 13.8 Å². The van der Waals surface area contributed by atoms with Gasteiger partial charge in [0.05, 0.1) is 20.8 Å². The van der Waals surface area contributed by atoms with Crippen molar-refractivity contribution in [1.82, 2.24) is 9.88 Å². The summed E-state index contributed by atoms with van der Waals surface area (Å²) in [5.74, 6) is -0.353. The topological polar surface area (TPSA) is 59.5 Å². The number of carbonyl (C=O) groups excluding carboxylic acids is 2. The van der Waals surface area contributed by atoms with Gasteiger partial charge in [0.15, 0.2) is 6.61 Å². The Kier molecular flexibility index (Phi) is 5.62. The molecule has 1 atom stereocenters. The number of hydrogen-bond donors (Lipinski definition) is 0. The summed E-state index contributed by atoms with van der Waals surface area (Å²) in [7, 11) is 0. The number of ether oxygens (including phenoxy) is 1. The predicted octanol–water partition coefficient (Wildman–Crippen LogP) is 4.48. The number of carbonyl (C=O) groups is 2. The molecule has 1 aliphatic rings. The van der Waals surface area contributed by atoms with E-state index in [2.05, 4.69) is 6.07 Å². The Bertz CT molecular complexity index is 1030. The Balaban J connectivity index is 1.38. The molecule has 1 aliphatic heterocycles. The summed E-state index contributed by atoms with van der Waals surface area (Å²) in [6.45, 7) is 4.94. The van der Waals surface area contributed by atoms with Gasteiger partial charge in [-0.1, -0.05) is 24.3 Å². The Morgan fingerprint density at radius 2 is 2.00 bits per heavy atom. The van der Waals surface area contributed by atoms with E-state index in [4.69, 9.17) is 9.72 Å². The number of piperidine rings is 1. The number of aryl methyl sites for hydroxylation is 1. The second kappa shape index (κ2) is 8.33. The Morgan fingerprint density at radius 3 is 2.83 bits per heavy atom. The highest BCUT2D eigenvalue weighted by molar-refractivity contribution is 7.18. The van der Waals surface area contributed by atoms with E-state index in [1.54, 1.807) is 22.3 Å². The normalized spacial score (nSPS) is 16.8. The van der Waals surface area contributed by atoms with Crippen molar-refractivity contribution < 1.29 is 14.3 Å². The van der Waals surface area contributed by atoms with Crippen molar-refractivity contribution in [3.63, 3.8) is 0 Å². The third-order valence-corrected chi connectivity index (χ3v) is 6.78. The van der Waals surface area contributed by atoms with E-state index in [0.29, 0.717) is 18.7 Å². The molecule has 3 aromatic rings. The molecule has 2 aromatic carbocycles. The largest absolute Gasteiger partial charge is 0.452 e. The van der Waals surface area contributed by atoms with E-state index < -0.39 is 5.97 Å². The van der Waals surface area contributed by atoms with Crippen LogP contribution in [0.1, 0.15) is 45.3 Å². The van der Waals surface area contributed by atoms with Crippen LogP contribution in [0.4, 0.5) is 0 Å². The molecule has 150 valence electrons. The fourth-order valence-corrected chi connectivity index (χ4v) is 4.83. The molecule has 0 spiro atoms. The molecule has 1 aromatic heterocycles. The quantitative estimate of drug-likeness (QED) is 0.598. The van der Waals surface area contributed by atoms with Crippen LogP contribution in [-0.4, -0.2) is 41.5 Å². The number of thiazole rings is 1. The molecule has 6 heteroatoms. The van der Waals surface area contributed by atoms with E-state index in [-0.39, 0.29) is 18.4 Å². The summed E-state index contributed by atoms with van der Waals surface area (Å²) in [4.78, 5) is 31.6. The van der Waals surface area contributed by atoms with Crippen molar-refractivity contribution in [1.29, 1.82) is 0 Å². The summed E-state index contributed by atoms with van der Waals surface area (Å²) in [5.41, 5.74) is 3.45. The van der Waals surface area contributed by atoms with Gasteiger partial charge in [0.1, 0.15) is 0 Å². The number of aromatic nitrogens is 1. The number of hydrogen-bond acceptors (Lipinski definition) is 5. The molecule has 0 bridgehead atoms. The van der Waals surface area contributed by atoms with E-state index >= 15 is 0 Å². The van der Waals surface area contributed by atoms with Crippen molar-refractivity contribution in [3.05, 3.63) is 64.2 Å². The molecule has 5 nitrogen and oxygen atoms in total. The van der Waals surface area contributed by atoms with Crippen LogP contribution >= 0.6 is 11.3 Å². The van der Waals surface area contributed by atoms with Gasteiger partial charge in [-0.2, -0.15) is 0 Å². The fourth-order valence-electron chi connectivity index (χ4n) is 3.74. The van der Waals surface area contributed by atoms with E-state index in [9.17, 15) is 9.59 Å². The summed E-state index contributed by atoms with van der Waals surface area (Å²) < 4.78 is 6.50. The van der Waals surface area contributed by atoms with Gasteiger partial charge in [0.2, 0.25) is 0 Å². The smallest absolute Gasteiger partial charge is 0.338 e. The molecule has 0 aliphatic carbocycles. The second-order valence-corrected chi connectivity index (χ2v) is 8.58. The molecule has 1 unspecified atom stereocenters. The number of amides is 1. The zero-order valence-corrected chi connectivity index (χ0v) is 17.5. The third kappa shape index (κ3) is 4.17. The van der Waals surface area contributed by atoms with Crippen LogP contribution < -0.4 is 0 Å². The monoisotopic (exact) mass is 408 g/mol. The van der Waals surface area contributed by atoms with Crippen LogP contribution in [0.2, 0.25) is 0 Å². The van der Waals surface area contributed by atoms with Gasteiger partial charge in [0, 0.05) is 19.0 Å². The molecule has 2 heterocycles. The number of benzene rings is 2. The van der Waals surface area contributed by atoms with Gasteiger partial charge in [-0.3, -0.25) is 4.79 Å². The van der Waals surface area contributed by atoms with Gasteiger partial charge in [0.25, 0.3) is 5.91 Å². The van der Waals surface area contributed by atoms with E-state index in [1.165, 1.54) is 4.70 Å². The molecule has 0 radical (unpaired) electrons. The zero-order chi connectivity index (χ0) is 20.4. The van der Waals surface area contributed by atoms with Gasteiger partial charge in [-0.15, -0.1) is 11.3 Å². The van der Waals surface area contributed by atoms with Crippen LogP contribution in [0.15, 0.2) is 42.5 Å². The van der Waals surface area contributed by atoms with E-state index in [0.717, 1.165) is 34.5 Å². The highest BCUT2D eigenvalue weighted by Gasteiger charge is 2.27. The highest BCUT2D eigenvalue weighted by Crippen LogP contribution is 2.33. The lowest BCUT2D eigenvalue weighted by Gasteiger charge is -2.31. The molecule has 1 fully saturated rings. The van der Waals surface area contributed by atoms with Crippen LogP contribution in [0.5, 0.6) is 0 Å². The molecule has 1 saturated heterocycles. The first-order valence-electron chi connectivity index (χ1n) is 9.89. The van der Waals surface area contributed by atoms with Crippen molar-refractivity contribution in [2.75, 3.05) is 19.7 Å². The molecule has 1 amide bonds. The number of para-hydroxylation sites is 1. The first-order valence-corrected chi connectivity index (χ1v) is 10.7. The fraction of sp³-hybridized carbons (Fsp3) is 0.348. The van der Waals surface area contributed by atoms with Gasteiger partial charge >= 0.3 is 5.97 Å². The minimum absolute atomic E-state index is 0.144. The van der Waals surface area contributed by atoms with Crippen molar-refractivity contribution >= 4 is 33.4 Å². The van der Waals surface area contributed by atoms with Gasteiger partial charge in [-0.25, -0.2) is 9.78 Å². The van der Waals surface area contributed by atoms with E-state index in [1.807, 2.05) is 44.2 Å². The number of likely N-dealkylation sites (tertiary alicyclic amines) is 1. The minimum atomic E-state index is -0.445. The molecule has 29 heavy (non-hydrogen) atoms. The van der Waals surface area contributed by atoms with Crippen molar-refractivity contribution in [2.24, 2.45) is 0 Å². The van der Waals surface area contributed by atoms with Crippen LogP contribution in [-0.2, 0) is 9.53 Å². The SMILES string of the molecule is Cc1cccc(C(=O)OCC(=O)N2CCCC(c3nc4ccccc4s3)C2)c1C. The van der Waals surface area contributed by atoms with Gasteiger partial charge < -0.3 is 9.64 Å². The number of fused-ring (bicyclic) bond motifs is 1. The standard InChI is InChI=1S/C23H24N2O3S/c1-15-7-5-9-18(16(15)2)23(27)28-14-21(26)25-12-6-8-17(13-25)22-24-19-10-3-4-11-20(19)29-22/h3-5,7,9-11,17H,6,8,12-14H2,1-2H3. The maximum Gasteiger partial charge on any atom is 0.338 e. The van der Waals surface area contributed by atoms with Crippen molar-refractivity contribution in [3.8, 4) is 0 Å². The second-order valence-electron chi connectivity index (χ2n) is 7.52. The molecule has 0 saturated carbocycles. The molecular weight excluding hydrogens is 384 g/mol. The van der Waals surface area contributed by atoms with Crippen LogP contribution in [0.25, 0.3) is 10.2 Å². The average molecular weight is 409 g/mol. The first kappa shape index (κ1) is 19.6. The third-order valence-electron chi connectivity index (χ3n) is 5.59. The maximum atomic E-state index is 12.7. The lowest BCUT2D eigenvalue weighted by atomic mass is 9.99. The highest BCUT2D eigenvalue weighted by atomic mass is 32.1. The summed E-state index contributed by atoms with van der Waals surface area (Å²) in [5, 5.41) is 1.08. The molecule has 0 N–H and O–H groups in total. The molecular formula is C23H24N2O3S. The number of esters is 1.